The van der Waals surface area contributed by atoms with E-state index in [-0.39, 0.29) is 11.7 Å². The van der Waals surface area contributed by atoms with Crippen molar-refractivity contribution in [1.82, 2.24) is 19.3 Å². The van der Waals surface area contributed by atoms with Crippen LogP contribution in [0.5, 0.6) is 0 Å². The average Bonchev–Trinajstić information content (AvgIpc) is 2.73. The number of nitrogens with one attached hydrogen (secondary N) is 1. The molecule has 1 N–H and O–H groups in total. The molecule has 0 aliphatic carbocycles. The molecule has 0 fully saturated rings. The second-order valence-electron chi connectivity index (χ2n) is 3.30. The summed E-state index contributed by atoms with van der Waals surface area (Å²) in [6, 6.07) is 0.0162. The Morgan fingerprint density at radius 1 is 1.57 bits per heavy atom. The van der Waals surface area contributed by atoms with Crippen LogP contribution in [0.25, 0.3) is 0 Å². The quantitative estimate of drug-likeness (QED) is 0.754. The summed E-state index contributed by atoms with van der Waals surface area (Å²) < 4.78 is 3.36. The monoisotopic (exact) mass is 192 g/mol. The zero-order valence-electron chi connectivity index (χ0n) is 8.14. The van der Waals surface area contributed by atoms with Crippen molar-refractivity contribution in [2.45, 2.75) is 13.0 Å². The molecule has 1 unspecified atom stereocenters. The molecule has 0 aliphatic heterocycles. The Kier molecular flexibility index (Phi) is 1.99. The minimum Gasteiger partial charge on any atom is -0.313 e. The molecule has 5 nitrogen and oxygen atoms in total. The number of nitrogens with zero attached hydrogens (tertiary/aromatic N) is 3. The third-order valence-corrected chi connectivity index (χ3v) is 2.30. The highest BCUT2D eigenvalue weighted by Gasteiger charge is 2.10. The maximum Gasteiger partial charge on any atom is 0.326 e. The van der Waals surface area contributed by atoms with Crippen LogP contribution in [0.4, 0.5) is 0 Å². The fraction of sp³-hybridized carbons (Fsp3) is 0.333. The Labute approximate surface area is 81.0 Å². The van der Waals surface area contributed by atoms with Gasteiger partial charge in [-0.15, -0.1) is 0 Å². The molecule has 0 amide bonds. The van der Waals surface area contributed by atoms with Gasteiger partial charge in [0.05, 0.1) is 12.2 Å². The highest BCUT2D eigenvalue weighted by atomic mass is 16.1. The molecule has 0 saturated heterocycles. The molecule has 2 aromatic rings. The highest BCUT2D eigenvalue weighted by Crippen LogP contribution is 2.13. The van der Waals surface area contributed by atoms with Gasteiger partial charge in [-0.2, -0.15) is 5.10 Å². The fourth-order valence-corrected chi connectivity index (χ4v) is 1.45. The first kappa shape index (κ1) is 8.80. The number of imidazole rings is 1. The van der Waals surface area contributed by atoms with Crippen molar-refractivity contribution in [3.05, 3.63) is 40.8 Å². The number of aryl methyl sites for hydroxylation is 1. The Balaban J connectivity index is 2.38. The van der Waals surface area contributed by atoms with Gasteiger partial charge in [0.1, 0.15) is 0 Å². The summed E-state index contributed by atoms with van der Waals surface area (Å²) in [6.07, 6.45) is 7.05. The lowest BCUT2D eigenvalue weighted by Crippen LogP contribution is -2.20. The van der Waals surface area contributed by atoms with E-state index in [1.54, 1.807) is 27.8 Å². The molecular weight excluding hydrogens is 180 g/mol. The molecule has 14 heavy (non-hydrogen) atoms. The van der Waals surface area contributed by atoms with E-state index >= 15 is 0 Å². The predicted octanol–water partition coefficient (Wildman–Crippen LogP) is 0.519. The lowest BCUT2D eigenvalue weighted by atomic mass is 10.2. The number of H-pyrrole nitrogens is 1. The van der Waals surface area contributed by atoms with Crippen molar-refractivity contribution in [3.8, 4) is 0 Å². The average molecular weight is 192 g/mol. The minimum absolute atomic E-state index is 0.0162. The zero-order chi connectivity index (χ0) is 10.1. The van der Waals surface area contributed by atoms with Crippen LogP contribution in [-0.2, 0) is 7.05 Å². The van der Waals surface area contributed by atoms with Crippen LogP contribution in [0.1, 0.15) is 18.5 Å². The van der Waals surface area contributed by atoms with Crippen LogP contribution in [0.15, 0.2) is 29.6 Å². The van der Waals surface area contributed by atoms with Crippen LogP contribution in [-0.4, -0.2) is 19.3 Å². The van der Waals surface area contributed by atoms with Gasteiger partial charge >= 0.3 is 5.69 Å². The van der Waals surface area contributed by atoms with Gasteiger partial charge in [0, 0.05) is 31.2 Å². The summed E-state index contributed by atoms with van der Waals surface area (Å²) in [4.78, 5) is 13.9. The number of hydrogen-bond donors (Lipinski definition) is 1. The van der Waals surface area contributed by atoms with Gasteiger partial charge in [-0.1, -0.05) is 0 Å². The van der Waals surface area contributed by atoms with E-state index in [4.69, 9.17) is 0 Å². The molecule has 0 spiro atoms. The molecule has 2 rings (SSSR count). The molecule has 0 aromatic carbocycles. The summed E-state index contributed by atoms with van der Waals surface area (Å²) in [7, 11) is 1.86. The first-order valence-corrected chi connectivity index (χ1v) is 4.42. The third kappa shape index (κ3) is 1.37. The topological polar surface area (TPSA) is 55.6 Å². The standard InChI is InChI=1S/C9H12N4O/c1-7(8-5-11-12(2)6-8)13-4-3-10-9(13)14/h3-7H,1-2H3,(H,10,14). The summed E-state index contributed by atoms with van der Waals surface area (Å²) in [6.45, 7) is 1.96. The second kappa shape index (κ2) is 3.17. The molecule has 5 heteroatoms. The predicted molar refractivity (Wildman–Crippen MR) is 52.1 cm³/mol. The van der Waals surface area contributed by atoms with Crippen LogP contribution in [0.3, 0.4) is 0 Å². The van der Waals surface area contributed by atoms with Gasteiger partial charge in [-0.25, -0.2) is 4.79 Å². The van der Waals surface area contributed by atoms with Crippen LogP contribution < -0.4 is 5.69 Å². The van der Waals surface area contributed by atoms with Crippen LogP contribution >= 0.6 is 0 Å². The fourth-order valence-electron chi connectivity index (χ4n) is 1.45. The van der Waals surface area contributed by atoms with Crippen molar-refractivity contribution in [2.24, 2.45) is 7.05 Å². The van der Waals surface area contributed by atoms with Crippen molar-refractivity contribution >= 4 is 0 Å². The molecule has 0 radical (unpaired) electrons. The summed E-state index contributed by atoms with van der Waals surface area (Å²) in [5.41, 5.74) is 0.926. The van der Waals surface area contributed by atoms with Crippen molar-refractivity contribution in [2.75, 3.05) is 0 Å². The SMILES string of the molecule is CC(c1cnn(C)c1)n1cc[nH]c1=O. The van der Waals surface area contributed by atoms with Gasteiger partial charge in [0.15, 0.2) is 0 Å². The second-order valence-corrected chi connectivity index (χ2v) is 3.30. The molecule has 0 aliphatic rings. The van der Waals surface area contributed by atoms with Crippen LogP contribution in [0, 0.1) is 0 Å². The molecule has 74 valence electrons. The normalized spacial score (nSPS) is 13.0. The molecule has 2 heterocycles. The molecule has 2 aromatic heterocycles. The first-order chi connectivity index (χ1) is 6.68. The number of aromatic nitrogens is 4. The van der Waals surface area contributed by atoms with E-state index < -0.39 is 0 Å². The maximum absolute atomic E-state index is 11.3. The summed E-state index contributed by atoms with van der Waals surface area (Å²) in [5, 5.41) is 4.07. The van der Waals surface area contributed by atoms with Gasteiger partial charge in [-0.3, -0.25) is 9.25 Å². The Morgan fingerprint density at radius 2 is 2.36 bits per heavy atom. The van der Waals surface area contributed by atoms with Gasteiger partial charge in [-0.05, 0) is 6.92 Å². The van der Waals surface area contributed by atoms with E-state index in [0.717, 1.165) is 5.56 Å². The number of rotatable bonds is 2. The van der Waals surface area contributed by atoms with E-state index in [1.807, 2.05) is 20.2 Å². The van der Waals surface area contributed by atoms with Gasteiger partial charge in [0.25, 0.3) is 0 Å². The Morgan fingerprint density at radius 3 is 2.86 bits per heavy atom. The maximum atomic E-state index is 11.3. The lowest BCUT2D eigenvalue weighted by Gasteiger charge is -2.08. The van der Waals surface area contributed by atoms with E-state index in [1.165, 1.54) is 0 Å². The summed E-state index contributed by atoms with van der Waals surface area (Å²) >= 11 is 0. The highest BCUT2D eigenvalue weighted by molar-refractivity contribution is 5.10. The molecule has 1 atom stereocenters. The number of aromatic amines is 1. The van der Waals surface area contributed by atoms with Crippen LogP contribution in [0.2, 0.25) is 0 Å². The van der Waals surface area contributed by atoms with E-state index in [0.29, 0.717) is 0 Å². The number of hydrogen-bond acceptors (Lipinski definition) is 2. The smallest absolute Gasteiger partial charge is 0.313 e. The summed E-state index contributed by atoms with van der Waals surface area (Å²) in [5.74, 6) is 0. The van der Waals surface area contributed by atoms with E-state index in [2.05, 4.69) is 10.1 Å². The first-order valence-electron chi connectivity index (χ1n) is 4.42. The Hall–Kier alpha value is -1.78. The minimum atomic E-state index is -0.0960. The largest absolute Gasteiger partial charge is 0.326 e. The third-order valence-electron chi connectivity index (χ3n) is 2.30. The van der Waals surface area contributed by atoms with Crippen molar-refractivity contribution in [3.63, 3.8) is 0 Å². The molecule has 0 saturated carbocycles. The van der Waals surface area contributed by atoms with Crippen molar-refractivity contribution in [1.29, 1.82) is 0 Å². The zero-order valence-corrected chi connectivity index (χ0v) is 8.14. The van der Waals surface area contributed by atoms with Gasteiger partial charge in [0.2, 0.25) is 0 Å². The van der Waals surface area contributed by atoms with E-state index in [9.17, 15) is 4.79 Å². The van der Waals surface area contributed by atoms with Crippen molar-refractivity contribution < 1.29 is 0 Å². The molecular formula is C9H12N4O. The van der Waals surface area contributed by atoms with Gasteiger partial charge < -0.3 is 4.98 Å². The lowest BCUT2D eigenvalue weighted by molar-refractivity contribution is 0.616. The Bertz CT molecular complexity index is 479. The molecule has 0 bridgehead atoms.